The molecule has 0 radical (unpaired) electrons. The molecule has 1 aliphatic rings. The van der Waals surface area contributed by atoms with Crippen molar-refractivity contribution < 1.29 is 20.7 Å². The molecule has 0 amide bonds. The molecular formula is C13H18FNO4S2. The highest BCUT2D eigenvalue weighted by molar-refractivity contribution is 7.89. The van der Waals surface area contributed by atoms with E-state index >= 15 is 0 Å². The number of nitrogens with one attached hydrogen (secondary N) is 1. The van der Waals surface area contributed by atoms with Gasteiger partial charge in [-0.05, 0) is 31.0 Å². The zero-order chi connectivity index (χ0) is 15.5. The third-order valence-electron chi connectivity index (χ3n) is 3.57. The van der Waals surface area contributed by atoms with E-state index in [0.717, 1.165) is 50.7 Å². The third kappa shape index (κ3) is 4.49. The zero-order valence-corrected chi connectivity index (χ0v) is 13.1. The molecule has 1 N–H and O–H groups in total. The lowest BCUT2D eigenvalue weighted by Crippen LogP contribution is -2.34. The number of hydrogen-bond acceptors (Lipinski definition) is 4. The summed E-state index contributed by atoms with van der Waals surface area (Å²) in [5, 5.41) is 0. The fourth-order valence-corrected chi connectivity index (χ4v) is 4.41. The Morgan fingerprint density at radius 2 is 1.52 bits per heavy atom. The molecule has 0 saturated heterocycles. The first-order chi connectivity index (χ1) is 9.79. The van der Waals surface area contributed by atoms with Gasteiger partial charge in [-0.15, -0.1) is 3.89 Å². The van der Waals surface area contributed by atoms with E-state index in [1.807, 2.05) is 0 Å². The van der Waals surface area contributed by atoms with Crippen molar-refractivity contribution in [2.24, 2.45) is 0 Å². The first-order valence-electron chi connectivity index (χ1n) is 6.86. The summed E-state index contributed by atoms with van der Waals surface area (Å²) in [5.41, 5.74) is 0. The second-order valence-electron chi connectivity index (χ2n) is 5.22. The van der Waals surface area contributed by atoms with E-state index in [1.54, 1.807) is 0 Å². The van der Waals surface area contributed by atoms with Gasteiger partial charge in [-0.25, -0.2) is 13.1 Å². The van der Waals surface area contributed by atoms with Crippen LogP contribution in [-0.2, 0) is 20.2 Å². The molecule has 0 heterocycles. The van der Waals surface area contributed by atoms with Gasteiger partial charge >= 0.3 is 10.2 Å². The molecule has 8 heteroatoms. The maximum Gasteiger partial charge on any atom is 0.332 e. The number of benzene rings is 1. The van der Waals surface area contributed by atoms with Crippen LogP contribution in [0, 0.1) is 0 Å². The SMILES string of the molecule is O=S(=O)(F)c1cccc(S(=O)(=O)NC2CCCCCC2)c1. The van der Waals surface area contributed by atoms with Crippen LogP contribution >= 0.6 is 0 Å². The molecule has 1 fully saturated rings. The molecule has 0 bridgehead atoms. The van der Waals surface area contributed by atoms with E-state index in [1.165, 1.54) is 12.1 Å². The quantitative estimate of drug-likeness (QED) is 0.676. The van der Waals surface area contributed by atoms with Gasteiger partial charge in [0.25, 0.3) is 0 Å². The fraction of sp³-hybridized carbons (Fsp3) is 0.538. The molecule has 0 aliphatic heterocycles. The number of halogens is 1. The average molecular weight is 335 g/mol. The minimum atomic E-state index is -4.92. The molecule has 0 atom stereocenters. The Balaban J connectivity index is 2.23. The predicted molar refractivity (Wildman–Crippen MR) is 76.5 cm³/mol. The Hall–Kier alpha value is -0.990. The molecule has 1 aromatic rings. The highest BCUT2D eigenvalue weighted by atomic mass is 32.3. The van der Waals surface area contributed by atoms with Gasteiger partial charge in [-0.3, -0.25) is 0 Å². The molecule has 1 aromatic carbocycles. The number of rotatable bonds is 4. The van der Waals surface area contributed by atoms with Gasteiger partial charge in [-0.1, -0.05) is 31.7 Å². The molecular weight excluding hydrogens is 317 g/mol. The van der Waals surface area contributed by atoms with Gasteiger partial charge in [0.2, 0.25) is 10.0 Å². The van der Waals surface area contributed by atoms with Crippen molar-refractivity contribution in [2.75, 3.05) is 0 Å². The van der Waals surface area contributed by atoms with Gasteiger partial charge in [0.1, 0.15) is 0 Å². The molecule has 2 rings (SSSR count). The van der Waals surface area contributed by atoms with Crippen molar-refractivity contribution in [1.82, 2.24) is 4.72 Å². The summed E-state index contributed by atoms with van der Waals surface area (Å²) in [5.74, 6) is 0. The Labute approximate surface area is 124 Å². The molecule has 0 unspecified atom stereocenters. The number of hydrogen-bond donors (Lipinski definition) is 1. The van der Waals surface area contributed by atoms with Crippen LogP contribution in [0.3, 0.4) is 0 Å². The lowest BCUT2D eigenvalue weighted by atomic mass is 10.1. The first kappa shape index (κ1) is 16.4. The standard InChI is InChI=1S/C13H18FNO4S2/c14-20(16,17)12-8-5-9-13(10-12)21(18,19)15-11-6-3-1-2-4-7-11/h5,8-11,15H,1-4,6-7H2. The van der Waals surface area contributed by atoms with E-state index in [0.29, 0.717) is 0 Å². The fourth-order valence-electron chi connectivity index (χ4n) is 2.48. The van der Waals surface area contributed by atoms with Crippen molar-refractivity contribution in [1.29, 1.82) is 0 Å². The van der Waals surface area contributed by atoms with Crippen LogP contribution in [0.4, 0.5) is 3.89 Å². The van der Waals surface area contributed by atoms with Crippen molar-refractivity contribution >= 4 is 20.2 Å². The Morgan fingerprint density at radius 1 is 0.952 bits per heavy atom. The smallest absolute Gasteiger partial charge is 0.208 e. The van der Waals surface area contributed by atoms with Crippen LogP contribution in [0.1, 0.15) is 38.5 Å². The van der Waals surface area contributed by atoms with Gasteiger partial charge in [0.05, 0.1) is 9.79 Å². The maximum absolute atomic E-state index is 13.0. The summed E-state index contributed by atoms with van der Waals surface area (Å²) in [6, 6.07) is 4.19. The second kappa shape index (κ2) is 6.41. The highest BCUT2D eigenvalue weighted by Crippen LogP contribution is 2.21. The van der Waals surface area contributed by atoms with Gasteiger partial charge in [-0.2, -0.15) is 8.42 Å². The molecule has 0 aromatic heterocycles. The van der Waals surface area contributed by atoms with E-state index in [2.05, 4.69) is 4.72 Å². The van der Waals surface area contributed by atoms with Crippen LogP contribution in [-0.4, -0.2) is 22.9 Å². The van der Waals surface area contributed by atoms with Crippen LogP contribution in [0.5, 0.6) is 0 Å². The van der Waals surface area contributed by atoms with E-state index in [4.69, 9.17) is 0 Å². The van der Waals surface area contributed by atoms with E-state index in [-0.39, 0.29) is 10.9 Å². The summed E-state index contributed by atoms with van der Waals surface area (Å²) >= 11 is 0. The topological polar surface area (TPSA) is 80.3 Å². The lowest BCUT2D eigenvalue weighted by molar-refractivity contribution is 0.510. The maximum atomic E-state index is 13.0. The molecule has 0 spiro atoms. The predicted octanol–water partition coefficient (Wildman–Crippen LogP) is 2.35. The van der Waals surface area contributed by atoms with Crippen molar-refractivity contribution in [3.63, 3.8) is 0 Å². The average Bonchev–Trinajstić information content (AvgIpc) is 2.66. The van der Waals surface area contributed by atoms with E-state index in [9.17, 15) is 20.7 Å². The molecule has 5 nitrogen and oxygen atoms in total. The first-order valence-corrected chi connectivity index (χ1v) is 9.73. The van der Waals surface area contributed by atoms with Crippen LogP contribution in [0.25, 0.3) is 0 Å². The Kier molecular flexibility index (Phi) is 5.00. The summed E-state index contributed by atoms with van der Waals surface area (Å²) in [4.78, 5) is -0.878. The zero-order valence-electron chi connectivity index (χ0n) is 11.5. The van der Waals surface area contributed by atoms with Crippen molar-refractivity contribution in [3.8, 4) is 0 Å². The van der Waals surface area contributed by atoms with Crippen LogP contribution < -0.4 is 4.72 Å². The summed E-state index contributed by atoms with van der Waals surface area (Å²) < 4.78 is 61.8. The third-order valence-corrected chi connectivity index (χ3v) is 5.91. The lowest BCUT2D eigenvalue weighted by Gasteiger charge is -2.16. The molecule has 118 valence electrons. The van der Waals surface area contributed by atoms with Gasteiger partial charge in [0, 0.05) is 6.04 Å². The minimum Gasteiger partial charge on any atom is -0.208 e. The van der Waals surface area contributed by atoms with Crippen molar-refractivity contribution in [3.05, 3.63) is 24.3 Å². The Bertz CT molecular complexity index is 693. The van der Waals surface area contributed by atoms with Crippen LogP contribution in [0.15, 0.2) is 34.1 Å². The second-order valence-corrected chi connectivity index (χ2v) is 8.28. The summed E-state index contributed by atoms with van der Waals surface area (Å²) in [7, 11) is -8.76. The minimum absolute atomic E-state index is 0.150. The van der Waals surface area contributed by atoms with Crippen LogP contribution in [0.2, 0.25) is 0 Å². The monoisotopic (exact) mass is 335 g/mol. The van der Waals surface area contributed by atoms with Gasteiger partial charge in [0.15, 0.2) is 0 Å². The number of sulfonamides is 1. The summed E-state index contributed by atoms with van der Waals surface area (Å²) in [6.07, 6.45) is 5.64. The molecule has 21 heavy (non-hydrogen) atoms. The Morgan fingerprint density at radius 3 is 2.10 bits per heavy atom. The van der Waals surface area contributed by atoms with E-state index < -0.39 is 25.1 Å². The molecule has 1 aliphatic carbocycles. The summed E-state index contributed by atoms with van der Waals surface area (Å²) in [6.45, 7) is 0. The normalized spacial score (nSPS) is 18.3. The highest BCUT2D eigenvalue weighted by Gasteiger charge is 2.23. The largest absolute Gasteiger partial charge is 0.332 e. The van der Waals surface area contributed by atoms with Crippen molar-refractivity contribution in [2.45, 2.75) is 54.4 Å². The van der Waals surface area contributed by atoms with Gasteiger partial charge < -0.3 is 0 Å². The molecule has 1 saturated carbocycles.